The van der Waals surface area contributed by atoms with Crippen molar-refractivity contribution < 1.29 is 4.92 Å². The van der Waals surface area contributed by atoms with E-state index in [9.17, 15) is 14.9 Å². The van der Waals surface area contributed by atoms with Crippen molar-refractivity contribution in [2.75, 3.05) is 0 Å². The Balaban J connectivity index is 2.47. The number of non-ortho nitro benzene ring substituents is 1. The molecule has 0 amide bonds. The molecule has 25 heavy (non-hydrogen) atoms. The lowest BCUT2D eigenvalue weighted by atomic mass is 10.0. The zero-order valence-corrected chi connectivity index (χ0v) is 13.5. The van der Waals surface area contributed by atoms with Gasteiger partial charge < -0.3 is 0 Å². The zero-order chi connectivity index (χ0) is 17.7. The fraction of sp³-hybridized carbons (Fsp3) is 0.0500. The number of nitro benzene ring substituents is 1. The predicted octanol–water partition coefficient (Wildman–Crippen LogP) is 4.63. The molecule has 5 heteroatoms. The molecule has 0 saturated carbocycles. The number of pyridine rings is 1. The number of nitro groups is 1. The molecule has 122 valence electrons. The van der Waals surface area contributed by atoms with Gasteiger partial charge in [-0.1, -0.05) is 36.9 Å². The standard InChI is InChI=1S/C20H14N2O3/c1-3-7-15-16(4-2)21-19-13(10-11-17(18(15)19)22(24)25)12-8-5-6-9-14(12)20(21)23/h3-11H,2H2,1H3/b7-3-. The van der Waals surface area contributed by atoms with Gasteiger partial charge in [0.2, 0.25) is 0 Å². The van der Waals surface area contributed by atoms with E-state index in [1.165, 1.54) is 6.07 Å². The lowest BCUT2D eigenvalue weighted by molar-refractivity contribution is -0.383. The molecule has 0 spiro atoms. The Morgan fingerprint density at radius 2 is 1.84 bits per heavy atom. The SMILES string of the molecule is C=Cc1c(/C=C\C)c2c([N+](=O)[O-])ccc3c4ccccc4c(=O)n1c23. The Hall–Kier alpha value is -3.47. The number of allylic oxidation sites excluding steroid dienone is 1. The molecule has 0 atom stereocenters. The number of rotatable bonds is 3. The van der Waals surface area contributed by atoms with E-state index in [-0.39, 0.29) is 11.2 Å². The first kappa shape index (κ1) is 15.1. The summed E-state index contributed by atoms with van der Waals surface area (Å²) in [5.74, 6) is 0. The Bertz CT molecular complexity index is 1270. The van der Waals surface area contributed by atoms with Crippen molar-refractivity contribution in [2.45, 2.75) is 6.92 Å². The highest BCUT2D eigenvalue weighted by molar-refractivity contribution is 6.16. The van der Waals surface area contributed by atoms with Gasteiger partial charge in [-0.05, 0) is 30.5 Å². The van der Waals surface area contributed by atoms with Gasteiger partial charge in [-0.3, -0.25) is 19.3 Å². The summed E-state index contributed by atoms with van der Waals surface area (Å²) < 4.78 is 1.54. The average molecular weight is 330 g/mol. The Morgan fingerprint density at radius 3 is 2.48 bits per heavy atom. The third-order valence-corrected chi connectivity index (χ3v) is 4.54. The van der Waals surface area contributed by atoms with Crippen molar-refractivity contribution in [3.63, 3.8) is 0 Å². The highest BCUT2D eigenvalue weighted by Gasteiger charge is 2.25. The van der Waals surface area contributed by atoms with E-state index < -0.39 is 4.92 Å². The van der Waals surface area contributed by atoms with Crippen LogP contribution in [0, 0.1) is 10.1 Å². The van der Waals surface area contributed by atoms with Crippen LogP contribution in [0.15, 0.2) is 53.8 Å². The number of nitrogens with zero attached hydrogens (tertiary/aromatic N) is 2. The molecule has 5 nitrogen and oxygen atoms in total. The molecule has 0 aliphatic rings. The fourth-order valence-electron chi connectivity index (χ4n) is 3.59. The van der Waals surface area contributed by atoms with Crippen LogP contribution in [0.25, 0.3) is 39.2 Å². The van der Waals surface area contributed by atoms with E-state index in [4.69, 9.17) is 0 Å². The van der Waals surface area contributed by atoms with Crippen molar-refractivity contribution in [3.8, 4) is 0 Å². The highest BCUT2D eigenvalue weighted by atomic mass is 16.6. The van der Waals surface area contributed by atoms with Crippen molar-refractivity contribution >= 4 is 44.9 Å². The molecule has 0 aliphatic heterocycles. The first-order valence-electron chi connectivity index (χ1n) is 7.85. The van der Waals surface area contributed by atoms with Gasteiger partial charge in [-0.2, -0.15) is 0 Å². The minimum atomic E-state index is -0.408. The minimum absolute atomic E-state index is 0.0131. The van der Waals surface area contributed by atoms with Crippen LogP contribution in [-0.4, -0.2) is 9.32 Å². The molecule has 2 aromatic carbocycles. The van der Waals surface area contributed by atoms with Crippen LogP contribution < -0.4 is 5.56 Å². The second-order valence-electron chi connectivity index (χ2n) is 5.80. The van der Waals surface area contributed by atoms with Crippen molar-refractivity contribution in [3.05, 3.63) is 80.8 Å². The second kappa shape index (κ2) is 5.27. The quantitative estimate of drug-likeness (QED) is 0.312. The lowest BCUT2D eigenvalue weighted by Gasteiger charge is -2.06. The molecule has 0 unspecified atom stereocenters. The number of fused-ring (bicyclic) bond motifs is 2. The van der Waals surface area contributed by atoms with Gasteiger partial charge >= 0.3 is 0 Å². The van der Waals surface area contributed by atoms with Gasteiger partial charge in [0, 0.05) is 22.4 Å². The number of hydrogen-bond acceptors (Lipinski definition) is 3. The van der Waals surface area contributed by atoms with Crippen LogP contribution in [0.2, 0.25) is 0 Å². The van der Waals surface area contributed by atoms with Crippen LogP contribution in [0.5, 0.6) is 0 Å². The summed E-state index contributed by atoms with van der Waals surface area (Å²) in [7, 11) is 0. The first-order valence-corrected chi connectivity index (χ1v) is 7.85. The molecule has 0 N–H and O–H groups in total. The van der Waals surface area contributed by atoms with Gasteiger partial charge in [0.25, 0.3) is 11.2 Å². The lowest BCUT2D eigenvalue weighted by Crippen LogP contribution is -2.14. The second-order valence-corrected chi connectivity index (χ2v) is 5.80. The van der Waals surface area contributed by atoms with E-state index in [2.05, 4.69) is 6.58 Å². The maximum absolute atomic E-state index is 13.1. The van der Waals surface area contributed by atoms with E-state index in [0.717, 1.165) is 10.8 Å². The summed E-state index contributed by atoms with van der Waals surface area (Å²) in [4.78, 5) is 24.3. The van der Waals surface area contributed by atoms with Crippen molar-refractivity contribution in [2.24, 2.45) is 0 Å². The van der Waals surface area contributed by atoms with Crippen LogP contribution >= 0.6 is 0 Å². The van der Waals surface area contributed by atoms with Gasteiger partial charge in [0.05, 0.1) is 21.5 Å². The van der Waals surface area contributed by atoms with Gasteiger partial charge in [-0.15, -0.1) is 0 Å². The molecule has 2 aromatic heterocycles. The third kappa shape index (κ3) is 1.86. The van der Waals surface area contributed by atoms with E-state index >= 15 is 0 Å². The summed E-state index contributed by atoms with van der Waals surface area (Å²) in [5, 5.41) is 14.2. The Kier molecular flexibility index (Phi) is 3.18. The molecular formula is C20H14N2O3. The monoisotopic (exact) mass is 330 g/mol. The molecule has 0 saturated heterocycles. The number of hydrogen-bond donors (Lipinski definition) is 0. The van der Waals surface area contributed by atoms with Gasteiger partial charge in [-0.25, -0.2) is 0 Å². The summed E-state index contributed by atoms with van der Waals surface area (Å²) in [6.07, 6.45) is 5.17. The molecular weight excluding hydrogens is 316 g/mol. The predicted molar refractivity (Wildman–Crippen MR) is 101 cm³/mol. The van der Waals surface area contributed by atoms with Crippen LogP contribution in [-0.2, 0) is 0 Å². The van der Waals surface area contributed by atoms with Crippen LogP contribution in [0.4, 0.5) is 5.69 Å². The van der Waals surface area contributed by atoms with Crippen molar-refractivity contribution in [1.29, 1.82) is 0 Å². The largest absolute Gasteiger partial charge is 0.279 e. The number of aromatic nitrogens is 1. The third-order valence-electron chi connectivity index (χ3n) is 4.54. The Morgan fingerprint density at radius 1 is 1.12 bits per heavy atom. The molecule has 4 rings (SSSR count). The van der Waals surface area contributed by atoms with E-state index in [1.54, 1.807) is 34.8 Å². The summed E-state index contributed by atoms with van der Waals surface area (Å²) in [6.45, 7) is 5.65. The zero-order valence-electron chi connectivity index (χ0n) is 13.5. The first-order chi connectivity index (χ1) is 12.1. The molecule has 0 fully saturated rings. The van der Waals surface area contributed by atoms with Crippen molar-refractivity contribution in [1.82, 2.24) is 4.40 Å². The molecule has 0 bridgehead atoms. The van der Waals surface area contributed by atoms with Crippen LogP contribution in [0.1, 0.15) is 18.2 Å². The summed E-state index contributed by atoms with van der Waals surface area (Å²) >= 11 is 0. The topological polar surface area (TPSA) is 64.6 Å². The number of benzene rings is 2. The molecule has 0 radical (unpaired) electrons. The van der Waals surface area contributed by atoms with E-state index in [1.807, 2.05) is 25.1 Å². The Labute approximate surface area is 142 Å². The smallest absolute Gasteiger partial charge is 0.275 e. The molecule has 4 aromatic rings. The summed E-state index contributed by atoms with van der Waals surface area (Å²) in [5.41, 5.74) is 1.58. The minimum Gasteiger partial charge on any atom is -0.275 e. The maximum Gasteiger partial charge on any atom is 0.279 e. The fourth-order valence-corrected chi connectivity index (χ4v) is 3.59. The van der Waals surface area contributed by atoms with Crippen LogP contribution in [0.3, 0.4) is 0 Å². The molecule has 0 aliphatic carbocycles. The van der Waals surface area contributed by atoms with Gasteiger partial charge in [0.15, 0.2) is 0 Å². The van der Waals surface area contributed by atoms with E-state index in [0.29, 0.717) is 27.5 Å². The average Bonchev–Trinajstić information content (AvgIpc) is 2.94. The maximum atomic E-state index is 13.1. The highest BCUT2D eigenvalue weighted by Crippen LogP contribution is 2.39. The van der Waals surface area contributed by atoms with Gasteiger partial charge in [0.1, 0.15) is 0 Å². The summed E-state index contributed by atoms with van der Waals surface area (Å²) in [6, 6.07) is 10.5. The normalized spacial score (nSPS) is 11.9. The molecule has 2 heterocycles.